The lowest BCUT2D eigenvalue weighted by Gasteiger charge is -2.21. The quantitative estimate of drug-likeness (QED) is 0.166. The zero-order chi connectivity index (χ0) is 46.7. The molecule has 0 aliphatic rings. The van der Waals surface area contributed by atoms with Crippen molar-refractivity contribution in [1.82, 2.24) is 9.13 Å². The summed E-state index contributed by atoms with van der Waals surface area (Å²) in [5.41, 5.74) is 10.8. The Labute approximate surface area is 387 Å². The summed E-state index contributed by atoms with van der Waals surface area (Å²) in [5.74, 6) is 0. The normalized spacial score (nSPS) is 11.4. The van der Waals surface area contributed by atoms with Gasteiger partial charge in [-0.25, -0.2) is 0 Å². The van der Waals surface area contributed by atoms with E-state index >= 15 is 0 Å². The van der Waals surface area contributed by atoms with Crippen LogP contribution < -0.4 is 0 Å². The number of aromatic nitrogens is 2. The number of halogens is 3. The Morgan fingerprint density at radius 3 is 1.43 bits per heavy atom. The summed E-state index contributed by atoms with van der Waals surface area (Å²) in [5, 5.41) is 44.6. The number of fused-ring (bicyclic) bond motifs is 6. The second-order valence-electron chi connectivity index (χ2n) is 16.5. The first kappa shape index (κ1) is 41.1. The van der Waals surface area contributed by atoms with Gasteiger partial charge in [0.1, 0.15) is 0 Å². The summed E-state index contributed by atoms with van der Waals surface area (Å²) in [6.45, 7) is 0. The Hall–Kier alpha value is -9.67. The third kappa shape index (κ3) is 6.71. The maximum atomic E-state index is 14.0. The maximum absolute atomic E-state index is 14.0. The number of hydrogen-bond acceptors (Lipinski definition) is 4. The van der Waals surface area contributed by atoms with E-state index in [1.54, 1.807) is 18.2 Å². The molecule has 0 amide bonds. The van der Waals surface area contributed by atoms with Gasteiger partial charge in [0.25, 0.3) is 0 Å². The van der Waals surface area contributed by atoms with Crippen molar-refractivity contribution in [3.63, 3.8) is 0 Å². The first-order chi connectivity index (χ1) is 33.2. The van der Waals surface area contributed by atoms with Crippen LogP contribution in [0.4, 0.5) is 13.2 Å². The molecule has 0 saturated heterocycles. The maximum Gasteiger partial charge on any atom is 0.416 e. The van der Waals surface area contributed by atoms with Gasteiger partial charge in [-0.2, -0.15) is 34.2 Å². The predicted octanol–water partition coefficient (Wildman–Crippen LogP) is 15.1. The minimum Gasteiger partial charge on any atom is -0.309 e. The average molecular weight is 881 g/mol. The number of alkyl halides is 3. The molecule has 11 rings (SSSR count). The van der Waals surface area contributed by atoms with E-state index in [0.29, 0.717) is 50.3 Å². The molecule has 0 spiro atoms. The van der Waals surface area contributed by atoms with Gasteiger partial charge < -0.3 is 9.13 Å². The number of nitrogens with zero attached hydrogens (tertiary/aromatic N) is 6. The highest BCUT2D eigenvalue weighted by atomic mass is 19.4. The van der Waals surface area contributed by atoms with E-state index in [-0.39, 0.29) is 5.56 Å². The standard InChI is InChI=1S/C59H31F3N6/c60-59(61,62)45-21-22-46(44(28-45)35-66)42-20-25-56(67-52-15-3-1-13-47(52)49-29-40(18-23-54(49)67)38-10-5-8-36(26-38)32-63)51(31-42)58-43(34-65)12-7-17-57(58)68-53-16-4-2-14-48(53)50-30-41(19-24-55(50)68)39-11-6-9-37(27-39)33-64/h1-31H. The molecule has 0 saturated carbocycles. The predicted molar refractivity (Wildman–Crippen MR) is 261 cm³/mol. The molecule has 0 N–H and O–H groups in total. The summed E-state index contributed by atoms with van der Waals surface area (Å²) in [7, 11) is 0. The molecule has 11 aromatic rings. The molecule has 6 nitrogen and oxygen atoms in total. The topological polar surface area (TPSA) is 105 Å². The smallest absolute Gasteiger partial charge is 0.309 e. The Morgan fingerprint density at radius 1 is 0.353 bits per heavy atom. The lowest BCUT2D eigenvalue weighted by molar-refractivity contribution is -0.137. The molecule has 0 aliphatic carbocycles. The third-order valence-electron chi connectivity index (χ3n) is 12.7. The van der Waals surface area contributed by atoms with Crippen LogP contribution in [0.1, 0.15) is 27.8 Å². The average Bonchev–Trinajstić information content (AvgIpc) is 3.89. The molecule has 0 atom stereocenters. The Balaban J connectivity index is 1.22. The van der Waals surface area contributed by atoms with Crippen molar-refractivity contribution in [2.24, 2.45) is 0 Å². The molecule has 0 unspecified atom stereocenters. The molecule has 0 fully saturated rings. The SMILES string of the molecule is N#Cc1cccc(-c2ccc3c(c2)c2ccccc2n3-c2ccc(-c3ccc(C(F)(F)F)cc3C#N)cc2-c2c(C#N)cccc2-n2c3ccccc3c3cc(-c4cccc(C#N)c4)ccc32)c1. The fourth-order valence-electron chi connectivity index (χ4n) is 9.63. The highest BCUT2D eigenvalue weighted by Crippen LogP contribution is 2.45. The minimum atomic E-state index is -4.65. The fraction of sp³-hybridized carbons (Fsp3) is 0.0169. The van der Waals surface area contributed by atoms with Crippen LogP contribution in [0.25, 0.3) is 99.5 Å². The highest BCUT2D eigenvalue weighted by molar-refractivity contribution is 6.13. The first-order valence-corrected chi connectivity index (χ1v) is 21.5. The van der Waals surface area contributed by atoms with Crippen molar-refractivity contribution >= 4 is 43.6 Å². The van der Waals surface area contributed by atoms with E-state index in [4.69, 9.17) is 0 Å². The van der Waals surface area contributed by atoms with Gasteiger partial charge in [-0.3, -0.25) is 0 Å². The van der Waals surface area contributed by atoms with Crippen molar-refractivity contribution in [2.75, 3.05) is 0 Å². The van der Waals surface area contributed by atoms with Crippen LogP contribution in [-0.4, -0.2) is 9.13 Å². The lowest BCUT2D eigenvalue weighted by Crippen LogP contribution is -2.06. The van der Waals surface area contributed by atoms with E-state index < -0.39 is 11.7 Å². The van der Waals surface area contributed by atoms with Gasteiger partial charge in [-0.05, 0) is 130 Å². The molecule has 2 aromatic heterocycles. The molecule has 2 heterocycles. The summed E-state index contributed by atoms with van der Waals surface area (Å²) in [6.07, 6.45) is -4.65. The molecule has 0 radical (unpaired) electrons. The van der Waals surface area contributed by atoms with Crippen LogP contribution in [0.5, 0.6) is 0 Å². The van der Waals surface area contributed by atoms with Gasteiger partial charge in [0, 0.05) is 32.7 Å². The number of rotatable bonds is 6. The van der Waals surface area contributed by atoms with Crippen molar-refractivity contribution in [3.05, 3.63) is 216 Å². The van der Waals surface area contributed by atoms with E-state index in [9.17, 15) is 34.2 Å². The van der Waals surface area contributed by atoms with Crippen molar-refractivity contribution in [1.29, 1.82) is 21.0 Å². The van der Waals surface area contributed by atoms with Gasteiger partial charge >= 0.3 is 6.18 Å². The molecule has 9 heteroatoms. The van der Waals surface area contributed by atoms with E-state index in [2.05, 4.69) is 51.6 Å². The molecule has 0 aliphatic heterocycles. The molecular formula is C59H31F3N6. The van der Waals surface area contributed by atoms with Crippen LogP contribution in [0, 0.1) is 45.3 Å². The summed E-state index contributed by atoms with van der Waals surface area (Å²) < 4.78 is 46.3. The zero-order valence-electron chi connectivity index (χ0n) is 35.7. The van der Waals surface area contributed by atoms with Crippen LogP contribution in [-0.2, 0) is 6.18 Å². The Bertz CT molecular complexity index is 4090. The molecule has 68 heavy (non-hydrogen) atoms. The second-order valence-corrected chi connectivity index (χ2v) is 16.5. The lowest BCUT2D eigenvalue weighted by atomic mass is 9.91. The Kier molecular flexibility index (Phi) is 9.72. The van der Waals surface area contributed by atoms with Gasteiger partial charge in [0.05, 0.1) is 85.5 Å². The van der Waals surface area contributed by atoms with Crippen LogP contribution >= 0.6 is 0 Å². The molecule has 0 bridgehead atoms. The first-order valence-electron chi connectivity index (χ1n) is 21.5. The number of nitriles is 4. The zero-order valence-corrected chi connectivity index (χ0v) is 35.7. The van der Waals surface area contributed by atoms with Crippen molar-refractivity contribution < 1.29 is 13.2 Å². The Morgan fingerprint density at radius 2 is 0.868 bits per heavy atom. The summed E-state index contributed by atoms with van der Waals surface area (Å²) in [6, 6.07) is 66.6. The molecule has 318 valence electrons. The van der Waals surface area contributed by atoms with Crippen molar-refractivity contribution in [3.8, 4) is 80.2 Å². The largest absolute Gasteiger partial charge is 0.416 e. The van der Waals surface area contributed by atoms with Gasteiger partial charge in [-0.15, -0.1) is 0 Å². The van der Waals surface area contributed by atoms with E-state index in [1.807, 2.05) is 133 Å². The van der Waals surface area contributed by atoms with Crippen LogP contribution in [0.15, 0.2) is 188 Å². The second kappa shape index (κ2) is 16.1. The number of para-hydroxylation sites is 2. The van der Waals surface area contributed by atoms with E-state index in [1.165, 1.54) is 6.07 Å². The minimum absolute atomic E-state index is 0.143. The third-order valence-corrected chi connectivity index (χ3v) is 12.7. The number of hydrogen-bond donors (Lipinski definition) is 0. The van der Waals surface area contributed by atoms with Crippen molar-refractivity contribution in [2.45, 2.75) is 6.18 Å². The van der Waals surface area contributed by atoms with Gasteiger partial charge in [0.15, 0.2) is 0 Å². The number of benzene rings is 9. The fourth-order valence-corrected chi connectivity index (χ4v) is 9.63. The van der Waals surface area contributed by atoms with E-state index in [0.717, 1.165) is 78.0 Å². The van der Waals surface area contributed by atoms with Gasteiger partial charge in [0.2, 0.25) is 0 Å². The van der Waals surface area contributed by atoms with Crippen LogP contribution in [0.3, 0.4) is 0 Å². The monoisotopic (exact) mass is 880 g/mol. The summed E-state index contributed by atoms with van der Waals surface area (Å²) in [4.78, 5) is 0. The van der Waals surface area contributed by atoms with Crippen LogP contribution in [0.2, 0.25) is 0 Å². The molecular weight excluding hydrogens is 850 g/mol. The molecule has 9 aromatic carbocycles. The van der Waals surface area contributed by atoms with Gasteiger partial charge in [-0.1, -0.05) is 91.0 Å². The summed E-state index contributed by atoms with van der Waals surface area (Å²) >= 11 is 0. The highest BCUT2D eigenvalue weighted by Gasteiger charge is 2.31.